The van der Waals surface area contributed by atoms with Crippen LogP contribution in [-0.4, -0.2) is 83.1 Å². The molecule has 2 aromatic rings. The highest BCUT2D eigenvalue weighted by Gasteiger charge is 2.39. The summed E-state index contributed by atoms with van der Waals surface area (Å²) < 4.78 is 107. The quantitative estimate of drug-likeness (QED) is 0.508. The molecule has 2 aliphatic rings. The van der Waals surface area contributed by atoms with Gasteiger partial charge < -0.3 is 14.5 Å². The second kappa shape index (κ2) is 9.42. The van der Waals surface area contributed by atoms with E-state index >= 15 is 0 Å². The third-order valence-corrected chi connectivity index (χ3v) is 9.06. The van der Waals surface area contributed by atoms with E-state index in [1.165, 1.54) is 4.90 Å². The van der Waals surface area contributed by atoms with E-state index in [2.05, 4.69) is 4.98 Å². The molecule has 1 amide bonds. The van der Waals surface area contributed by atoms with Gasteiger partial charge in [-0.25, -0.2) is 26.2 Å². The topological polar surface area (TPSA) is 114 Å². The van der Waals surface area contributed by atoms with E-state index in [4.69, 9.17) is 4.74 Å². The number of sulfone groups is 2. The number of aromatic nitrogens is 1. The Hall–Kier alpha value is -2.94. The Morgan fingerprint density at radius 2 is 1.78 bits per heavy atom. The summed E-state index contributed by atoms with van der Waals surface area (Å²) in [5, 5.41) is 0. The van der Waals surface area contributed by atoms with Gasteiger partial charge in [0.1, 0.15) is 5.75 Å². The van der Waals surface area contributed by atoms with E-state index in [0.717, 1.165) is 37.4 Å². The van der Waals surface area contributed by atoms with Crippen molar-refractivity contribution in [2.24, 2.45) is 0 Å². The number of rotatable bonds is 5. The van der Waals surface area contributed by atoms with Gasteiger partial charge in [0, 0.05) is 38.9 Å². The summed E-state index contributed by atoms with van der Waals surface area (Å²) >= 11 is 0. The van der Waals surface area contributed by atoms with E-state index in [1.807, 2.05) is 0 Å². The highest BCUT2D eigenvalue weighted by Crippen LogP contribution is 2.32. The molecule has 4 rings (SSSR count). The van der Waals surface area contributed by atoms with E-state index in [-0.39, 0.29) is 65.2 Å². The van der Waals surface area contributed by atoms with Gasteiger partial charge in [-0.05, 0) is 31.2 Å². The summed E-state index contributed by atoms with van der Waals surface area (Å²) in [6, 6.07) is 4.00. The predicted molar refractivity (Wildman–Crippen MR) is 124 cm³/mol. The van der Waals surface area contributed by atoms with Gasteiger partial charge in [0.15, 0.2) is 37.4 Å². The molecule has 0 N–H and O–H groups in total. The number of nitrogens with zero attached hydrogens (tertiary/aromatic N) is 3. The Labute approximate surface area is 210 Å². The van der Waals surface area contributed by atoms with E-state index in [1.54, 1.807) is 4.90 Å². The van der Waals surface area contributed by atoms with Gasteiger partial charge in [0.2, 0.25) is 0 Å². The molecule has 0 aliphatic carbocycles. The van der Waals surface area contributed by atoms with E-state index in [9.17, 15) is 39.2 Å². The molecule has 1 atom stereocenters. The molecule has 1 saturated heterocycles. The van der Waals surface area contributed by atoms with Crippen LogP contribution in [0.2, 0.25) is 0 Å². The van der Waals surface area contributed by atoms with Crippen LogP contribution in [0.15, 0.2) is 34.1 Å². The third-order valence-electron chi connectivity index (χ3n) is 6.18. The minimum Gasteiger partial charge on any atom is -0.480 e. The molecule has 1 fully saturated rings. The summed E-state index contributed by atoms with van der Waals surface area (Å²) in [6.07, 6.45) is -5.90. The lowest BCUT2D eigenvalue weighted by atomic mass is 10.1. The molecule has 1 aromatic heterocycles. The highest BCUT2D eigenvalue weighted by atomic mass is 32.2. The van der Waals surface area contributed by atoms with Crippen molar-refractivity contribution >= 4 is 31.4 Å². The van der Waals surface area contributed by atoms with Gasteiger partial charge in [-0.3, -0.25) is 4.79 Å². The zero-order chi connectivity index (χ0) is 27.3. The van der Waals surface area contributed by atoms with Crippen molar-refractivity contribution in [2.45, 2.75) is 35.4 Å². The molecule has 0 unspecified atom stereocenters. The average molecular weight is 566 g/mol. The molecule has 202 valence electrons. The van der Waals surface area contributed by atoms with Gasteiger partial charge in [0.05, 0.1) is 26.8 Å². The number of benzene rings is 1. The van der Waals surface area contributed by atoms with Gasteiger partial charge in [-0.1, -0.05) is 0 Å². The number of alkyl halides is 3. The predicted octanol–water partition coefficient (Wildman–Crippen LogP) is 2.25. The second-order valence-electron chi connectivity index (χ2n) is 8.82. The van der Waals surface area contributed by atoms with Crippen molar-refractivity contribution in [3.05, 3.63) is 41.3 Å². The first-order valence-corrected chi connectivity index (χ1v) is 14.7. The van der Waals surface area contributed by atoms with E-state index in [0.29, 0.717) is 0 Å². The van der Waals surface area contributed by atoms with Gasteiger partial charge >= 0.3 is 6.18 Å². The molecule has 15 heteroatoms. The molecule has 0 spiro atoms. The minimum atomic E-state index is -4.71. The maximum absolute atomic E-state index is 14.7. The van der Waals surface area contributed by atoms with Crippen LogP contribution >= 0.6 is 0 Å². The Bertz CT molecular complexity index is 1450. The number of halogens is 4. The third kappa shape index (κ3) is 5.51. The summed E-state index contributed by atoms with van der Waals surface area (Å²) in [5.74, 6) is -2.18. The smallest absolute Gasteiger partial charge is 0.425 e. The first-order chi connectivity index (χ1) is 17.1. The lowest BCUT2D eigenvalue weighted by Gasteiger charge is -2.36. The Morgan fingerprint density at radius 1 is 1.14 bits per heavy atom. The van der Waals surface area contributed by atoms with Crippen LogP contribution in [0.5, 0.6) is 5.75 Å². The molecule has 0 bridgehead atoms. The normalized spacial score (nSPS) is 18.4. The number of amides is 1. The summed E-state index contributed by atoms with van der Waals surface area (Å²) in [6.45, 7) is 1.00. The fourth-order valence-electron chi connectivity index (χ4n) is 4.07. The lowest BCUT2D eigenvalue weighted by Crippen LogP contribution is -2.49. The maximum atomic E-state index is 14.7. The van der Waals surface area contributed by atoms with Crippen LogP contribution < -0.4 is 9.64 Å². The zero-order valence-electron chi connectivity index (χ0n) is 19.7. The molecular formula is C22H23F4N3O6S2. The zero-order valence-corrected chi connectivity index (χ0v) is 21.4. The van der Waals surface area contributed by atoms with Crippen molar-refractivity contribution in [3.63, 3.8) is 0 Å². The van der Waals surface area contributed by atoms with Crippen LogP contribution in [-0.2, 0) is 26.1 Å². The van der Waals surface area contributed by atoms with Gasteiger partial charge in [0.25, 0.3) is 5.91 Å². The van der Waals surface area contributed by atoms with Crippen molar-refractivity contribution < 1.29 is 43.9 Å². The molecule has 0 saturated carbocycles. The van der Waals surface area contributed by atoms with Crippen LogP contribution in [0.25, 0.3) is 0 Å². The van der Waals surface area contributed by atoms with Gasteiger partial charge in [-0.2, -0.15) is 13.2 Å². The SMILES string of the molecule is C[C@H](Oc1ccc(S(C)(=O)=O)cc1C(=O)N1CCN(c2nc3c(cc2F)S(=O)(=O)CC3)CC1)C(F)(F)F. The minimum absolute atomic E-state index is 0.0205. The Kier molecular flexibility index (Phi) is 6.90. The van der Waals surface area contributed by atoms with Crippen molar-refractivity contribution in [2.75, 3.05) is 43.1 Å². The molecule has 1 aromatic carbocycles. The number of carbonyl (C=O) groups excluding carboxylic acids is 1. The fraction of sp³-hybridized carbons (Fsp3) is 0.455. The summed E-state index contributed by atoms with van der Waals surface area (Å²) in [7, 11) is -7.34. The number of anilines is 1. The van der Waals surface area contributed by atoms with Gasteiger partial charge in [-0.15, -0.1) is 0 Å². The lowest BCUT2D eigenvalue weighted by molar-refractivity contribution is -0.189. The molecule has 0 radical (unpaired) electrons. The number of piperazine rings is 1. The number of fused-ring (bicyclic) bond motifs is 1. The first-order valence-electron chi connectivity index (χ1n) is 11.1. The Balaban J connectivity index is 1.56. The average Bonchev–Trinajstić information content (AvgIpc) is 3.10. The second-order valence-corrected chi connectivity index (χ2v) is 12.9. The molecular weight excluding hydrogens is 542 g/mol. The maximum Gasteiger partial charge on any atom is 0.425 e. The standard InChI is InChI=1S/C22H23F4N3O6S2/c1-13(22(24,25)26)35-18-4-3-14(36(2,31)32)11-15(18)21(30)29-8-6-28(7-9-29)20-16(23)12-19-17(27-20)5-10-37(19,33)34/h3-4,11-13H,5-10H2,1-2H3/t13-/m0/s1. The number of hydrogen-bond acceptors (Lipinski definition) is 8. The molecule has 2 aliphatic heterocycles. The number of ether oxygens (including phenoxy) is 1. The van der Waals surface area contributed by atoms with E-state index < -0.39 is 49.4 Å². The monoisotopic (exact) mass is 565 g/mol. The summed E-state index contributed by atoms with van der Waals surface area (Å²) in [4.78, 5) is 19.9. The number of aryl methyl sites for hydroxylation is 1. The van der Waals surface area contributed by atoms with Crippen LogP contribution in [0, 0.1) is 5.82 Å². The van der Waals surface area contributed by atoms with Crippen molar-refractivity contribution in [1.82, 2.24) is 9.88 Å². The Morgan fingerprint density at radius 3 is 2.38 bits per heavy atom. The largest absolute Gasteiger partial charge is 0.480 e. The number of carbonyl (C=O) groups is 1. The number of pyridine rings is 1. The summed E-state index contributed by atoms with van der Waals surface area (Å²) in [5.41, 5.74) is -0.0763. The molecule has 37 heavy (non-hydrogen) atoms. The van der Waals surface area contributed by atoms with Crippen molar-refractivity contribution in [3.8, 4) is 5.75 Å². The fourth-order valence-corrected chi connectivity index (χ4v) is 6.19. The van der Waals surface area contributed by atoms with Crippen molar-refractivity contribution in [1.29, 1.82) is 0 Å². The molecule has 9 nitrogen and oxygen atoms in total. The first kappa shape index (κ1) is 27.1. The number of hydrogen-bond donors (Lipinski definition) is 0. The van der Waals surface area contributed by atoms with Crippen LogP contribution in [0.1, 0.15) is 23.0 Å². The highest BCUT2D eigenvalue weighted by molar-refractivity contribution is 7.91. The van der Waals surface area contributed by atoms with Crippen LogP contribution in [0.4, 0.5) is 23.4 Å². The molecule has 3 heterocycles. The van der Waals surface area contributed by atoms with Crippen LogP contribution in [0.3, 0.4) is 0 Å².